The molecule has 0 amide bonds. The second-order valence-corrected chi connectivity index (χ2v) is 3.39. The monoisotopic (exact) mass is 225 g/mol. The Morgan fingerprint density at radius 3 is 3.00 bits per heavy atom. The zero-order chi connectivity index (χ0) is 11.8. The number of pyridine rings is 1. The topological polar surface area (TPSA) is 69.4 Å². The molecule has 5 heteroatoms. The number of rotatable bonds is 7. The van der Waals surface area contributed by atoms with Gasteiger partial charge in [0.1, 0.15) is 11.4 Å². The maximum atomic E-state index is 5.49. The molecule has 5 nitrogen and oxygen atoms in total. The van der Waals surface area contributed by atoms with Crippen LogP contribution in [0.4, 0.5) is 0 Å². The van der Waals surface area contributed by atoms with Crippen molar-refractivity contribution in [1.29, 1.82) is 0 Å². The Labute approximate surface area is 95.9 Å². The van der Waals surface area contributed by atoms with E-state index in [2.05, 4.69) is 17.3 Å². The third kappa shape index (κ3) is 3.44. The second-order valence-electron chi connectivity index (χ2n) is 3.39. The molecule has 1 atom stereocenters. The number of nitrogens with two attached hydrogens (primary N) is 1. The lowest BCUT2D eigenvalue weighted by Crippen LogP contribution is -2.32. The summed E-state index contributed by atoms with van der Waals surface area (Å²) in [6.45, 7) is 3.26. The molecule has 0 spiro atoms. The minimum absolute atomic E-state index is 0.150. The van der Waals surface area contributed by atoms with Gasteiger partial charge in [-0.05, 0) is 18.6 Å². The summed E-state index contributed by atoms with van der Waals surface area (Å²) in [7, 11) is 1.61. The normalized spacial score (nSPS) is 12.4. The van der Waals surface area contributed by atoms with Gasteiger partial charge in [-0.3, -0.25) is 10.8 Å². The second kappa shape index (κ2) is 7.16. The number of hydrogen-bond acceptors (Lipinski definition) is 5. The first kappa shape index (κ1) is 12.9. The van der Waals surface area contributed by atoms with Crippen molar-refractivity contribution in [2.45, 2.75) is 19.4 Å². The third-order valence-electron chi connectivity index (χ3n) is 2.18. The molecule has 0 saturated carbocycles. The van der Waals surface area contributed by atoms with Gasteiger partial charge in [0.05, 0.1) is 19.8 Å². The van der Waals surface area contributed by atoms with Gasteiger partial charge in [-0.25, -0.2) is 5.43 Å². The molecule has 1 aromatic heterocycles. The molecule has 0 fully saturated rings. The van der Waals surface area contributed by atoms with E-state index in [4.69, 9.17) is 15.3 Å². The van der Waals surface area contributed by atoms with E-state index in [1.54, 1.807) is 13.3 Å². The lowest BCUT2D eigenvalue weighted by atomic mass is 10.2. The highest BCUT2D eigenvalue weighted by Gasteiger charge is 2.15. The Morgan fingerprint density at radius 2 is 2.38 bits per heavy atom. The van der Waals surface area contributed by atoms with Gasteiger partial charge >= 0.3 is 0 Å². The molecule has 1 rings (SSSR count). The predicted octanol–water partition coefficient (Wildman–Crippen LogP) is 1.02. The summed E-state index contributed by atoms with van der Waals surface area (Å²) in [5.41, 5.74) is 3.45. The van der Waals surface area contributed by atoms with Crippen LogP contribution in [0.15, 0.2) is 18.3 Å². The minimum Gasteiger partial charge on any atom is -0.495 e. The van der Waals surface area contributed by atoms with E-state index in [0.717, 1.165) is 12.1 Å². The van der Waals surface area contributed by atoms with Gasteiger partial charge in [-0.1, -0.05) is 6.92 Å². The van der Waals surface area contributed by atoms with Gasteiger partial charge < -0.3 is 9.47 Å². The summed E-state index contributed by atoms with van der Waals surface area (Å²) in [6, 6.07) is 3.53. The highest BCUT2D eigenvalue weighted by atomic mass is 16.5. The molecule has 0 aliphatic rings. The third-order valence-corrected chi connectivity index (χ3v) is 2.18. The minimum atomic E-state index is -0.150. The summed E-state index contributed by atoms with van der Waals surface area (Å²) < 4.78 is 10.7. The fraction of sp³-hybridized carbons (Fsp3) is 0.545. The van der Waals surface area contributed by atoms with E-state index in [0.29, 0.717) is 19.0 Å². The Hall–Kier alpha value is -1.17. The summed E-state index contributed by atoms with van der Waals surface area (Å²) in [5, 5.41) is 0. The lowest BCUT2D eigenvalue weighted by Gasteiger charge is -2.17. The molecular weight excluding hydrogens is 206 g/mol. The summed E-state index contributed by atoms with van der Waals surface area (Å²) in [6.07, 6.45) is 2.69. The SMILES string of the molecule is CCCOCC(NN)c1ncccc1OC. The summed E-state index contributed by atoms with van der Waals surface area (Å²) in [4.78, 5) is 4.25. The zero-order valence-corrected chi connectivity index (χ0v) is 9.77. The Bertz CT molecular complexity index is 307. The van der Waals surface area contributed by atoms with Crippen molar-refractivity contribution in [2.75, 3.05) is 20.3 Å². The first-order valence-corrected chi connectivity index (χ1v) is 5.36. The molecule has 0 aromatic carbocycles. The van der Waals surface area contributed by atoms with Crippen LogP contribution in [-0.4, -0.2) is 25.3 Å². The van der Waals surface area contributed by atoms with Crippen LogP contribution in [0, 0.1) is 0 Å². The molecule has 3 N–H and O–H groups in total. The lowest BCUT2D eigenvalue weighted by molar-refractivity contribution is 0.110. The highest BCUT2D eigenvalue weighted by molar-refractivity contribution is 5.29. The average Bonchev–Trinajstić information content (AvgIpc) is 2.35. The Balaban J connectivity index is 2.69. The van der Waals surface area contributed by atoms with Crippen LogP contribution >= 0.6 is 0 Å². The standard InChI is InChI=1S/C11H19N3O2/c1-3-7-16-8-9(14-12)11-10(15-2)5-4-6-13-11/h4-6,9,14H,3,7-8,12H2,1-2H3. The zero-order valence-electron chi connectivity index (χ0n) is 9.77. The Morgan fingerprint density at radius 1 is 1.56 bits per heavy atom. The van der Waals surface area contributed by atoms with E-state index >= 15 is 0 Å². The van der Waals surface area contributed by atoms with Crippen LogP contribution in [0.3, 0.4) is 0 Å². The number of nitrogens with zero attached hydrogens (tertiary/aromatic N) is 1. The number of methoxy groups -OCH3 is 1. The fourth-order valence-corrected chi connectivity index (χ4v) is 1.39. The summed E-state index contributed by atoms with van der Waals surface area (Å²) in [5.74, 6) is 6.20. The number of nitrogens with one attached hydrogen (secondary N) is 1. The van der Waals surface area contributed by atoms with Gasteiger partial charge in [0.25, 0.3) is 0 Å². The smallest absolute Gasteiger partial charge is 0.142 e. The van der Waals surface area contributed by atoms with Crippen LogP contribution in [0.1, 0.15) is 25.1 Å². The quantitative estimate of drug-likeness (QED) is 0.412. The summed E-state index contributed by atoms with van der Waals surface area (Å²) >= 11 is 0. The molecule has 0 aliphatic carbocycles. The molecule has 0 aliphatic heterocycles. The first-order valence-electron chi connectivity index (χ1n) is 5.36. The van der Waals surface area contributed by atoms with Crippen molar-refractivity contribution in [3.05, 3.63) is 24.0 Å². The van der Waals surface area contributed by atoms with Gasteiger partial charge in [0.15, 0.2) is 0 Å². The maximum Gasteiger partial charge on any atom is 0.142 e. The van der Waals surface area contributed by atoms with E-state index in [9.17, 15) is 0 Å². The van der Waals surface area contributed by atoms with E-state index in [1.165, 1.54) is 0 Å². The van der Waals surface area contributed by atoms with Gasteiger partial charge in [-0.2, -0.15) is 0 Å². The Kier molecular flexibility index (Phi) is 5.77. The number of ether oxygens (including phenoxy) is 2. The van der Waals surface area contributed by atoms with Crippen molar-refractivity contribution < 1.29 is 9.47 Å². The van der Waals surface area contributed by atoms with Crippen LogP contribution in [0.25, 0.3) is 0 Å². The van der Waals surface area contributed by atoms with Gasteiger partial charge in [0.2, 0.25) is 0 Å². The molecule has 1 heterocycles. The fourth-order valence-electron chi connectivity index (χ4n) is 1.39. The van der Waals surface area contributed by atoms with E-state index in [1.807, 2.05) is 12.1 Å². The van der Waals surface area contributed by atoms with E-state index in [-0.39, 0.29) is 6.04 Å². The van der Waals surface area contributed by atoms with Gasteiger partial charge in [0, 0.05) is 12.8 Å². The van der Waals surface area contributed by atoms with Crippen LogP contribution < -0.4 is 16.0 Å². The van der Waals surface area contributed by atoms with Crippen LogP contribution in [0.5, 0.6) is 5.75 Å². The maximum absolute atomic E-state index is 5.49. The first-order chi connectivity index (χ1) is 7.83. The molecular formula is C11H19N3O2. The van der Waals surface area contributed by atoms with Crippen molar-refractivity contribution >= 4 is 0 Å². The van der Waals surface area contributed by atoms with Crippen molar-refractivity contribution in [3.63, 3.8) is 0 Å². The molecule has 0 radical (unpaired) electrons. The number of hydrogen-bond donors (Lipinski definition) is 2. The van der Waals surface area contributed by atoms with Crippen molar-refractivity contribution in [2.24, 2.45) is 5.84 Å². The molecule has 0 bridgehead atoms. The number of aromatic nitrogens is 1. The van der Waals surface area contributed by atoms with Crippen molar-refractivity contribution in [3.8, 4) is 5.75 Å². The molecule has 1 unspecified atom stereocenters. The molecule has 16 heavy (non-hydrogen) atoms. The average molecular weight is 225 g/mol. The van der Waals surface area contributed by atoms with E-state index < -0.39 is 0 Å². The largest absolute Gasteiger partial charge is 0.495 e. The predicted molar refractivity (Wildman–Crippen MR) is 62.0 cm³/mol. The number of hydrazine groups is 1. The van der Waals surface area contributed by atoms with Crippen LogP contribution in [0.2, 0.25) is 0 Å². The van der Waals surface area contributed by atoms with Gasteiger partial charge in [-0.15, -0.1) is 0 Å². The highest BCUT2D eigenvalue weighted by Crippen LogP contribution is 2.21. The molecule has 0 saturated heterocycles. The van der Waals surface area contributed by atoms with Crippen LogP contribution in [-0.2, 0) is 4.74 Å². The molecule has 1 aromatic rings. The van der Waals surface area contributed by atoms with Crippen molar-refractivity contribution in [1.82, 2.24) is 10.4 Å². The molecule has 90 valence electrons.